The number of nitrogens with one attached hydrogen (secondary N) is 2. The zero-order valence-electron chi connectivity index (χ0n) is 10.1. The van der Waals surface area contributed by atoms with Crippen LogP contribution in [-0.2, 0) is 9.53 Å². The number of rotatable bonds is 7. The molecule has 0 aliphatic heterocycles. The number of carbonyl (C=O) groups excluding carboxylic acids is 1. The molecule has 0 aliphatic rings. The number of aliphatic carboxylic acids is 1. The third kappa shape index (κ3) is 9.20. The highest BCUT2D eigenvalue weighted by Gasteiger charge is 2.12. The third-order valence-corrected chi connectivity index (χ3v) is 1.94. The molecular weight excluding hydrogens is 224 g/mol. The fraction of sp³-hybridized carbons (Fsp3) is 0.636. The number of hydrogen-bond donors (Lipinski definition) is 3. The SMILES string of the molecule is CC#CCCNC(=O)NCC(CC(=O)O)OC. The minimum absolute atomic E-state index is 0.141. The van der Waals surface area contributed by atoms with Crippen LogP contribution in [0.3, 0.4) is 0 Å². The van der Waals surface area contributed by atoms with E-state index in [0.29, 0.717) is 13.0 Å². The molecule has 96 valence electrons. The molecule has 0 saturated carbocycles. The number of amides is 2. The smallest absolute Gasteiger partial charge is 0.314 e. The van der Waals surface area contributed by atoms with Crippen molar-refractivity contribution >= 4 is 12.0 Å². The van der Waals surface area contributed by atoms with Crippen molar-refractivity contribution in [2.45, 2.75) is 25.9 Å². The highest BCUT2D eigenvalue weighted by Crippen LogP contribution is 1.95. The lowest BCUT2D eigenvalue weighted by Crippen LogP contribution is -2.41. The van der Waals surface area contributed by atoms with Gasteiger partial charge in [-0.15, -0.1) is 11.8 Å². The number of ether oxygens (including phenoxy) is 1. The molecule has 6 nitrogen and oxygen atoms in total. The van der Waals surface area contributed by atoms with Gasteiger partial charge >= 0.3 is 12.0 Å². The summed E-state index contributed by atoms with van der Waals surface area (Å²) < 4.78 is 4.91. The Morgan fingerprint density at radius 3 is 2.65 bits per heavy atom. The Balaban J connectivity index is 3.72. The molecule has 2 amide bonds. The first-order valence-electron chi connectivity index (χ1n) is 5.26. The minimum Gasteiger partial charge on any atom is -0.481 e. The number of urea groups is 1. The second-order valence-corrected chi connectivity index (χ2v) is 3.27. The molecule has 0 aromatic carbocycles. The van der Waals surface area contributed by atoms with Gasteiger partial charge in [0.1, 0.15) is 0 Å². The number of methoxy groups -OCH3 is 1. The van der Waals surface area contributed by atoms with Crippen LogP contribution in [0.1, 0.15) is 19.8 Å². The van der Waals surface area contributed by atoms with Crippen molar-refractivity contribution in [3.8, 4) is 11.8 Å². The van der Waals surface area contributed by atoms with Gasteiger partial charge in [0.25, 0.3) is 0 Å². The summed E-state index contributed by atoms with van der Waals surface area (Å²) in [6.45, 7) is 2.35. The Labute approximate surface area is 101 Å². The van der Waals surface area contributed by atoms with Crippen LogP contribution in [0.15, 0.2) is 0 Å². The Morgan fingerprint density at radius 2 is 2.12 bits per heavy atom. The Kier molecular flexibility index (Phi) is 8.51. The number of carbonyl (C=O) groups is 2. The Hall–Kier alpha value is -1.74. The average Bonchev–Trinajstić information content (AvgIpc) is 2.29. The van der Waals surface area contributed by atoms with Crippen molar-refractivity contribution in [2.75, 3.05) is 20.2 Å². The minimum atomic E-state index is -0.961. The predicted octanol–water partition coefficient (Wildman–Crippen LogP) is 0.189. The lowest BCUT2D eigenvalue weighted by molar-refractivity contribution is -0.139. The topological polar surface area (TPSA) is 87.7 Å². The molecule has 0 rings (SSSR count). The molecule has 6 heteroatoms. The first kappa shape index (κ1) is 15.3. The van der Waals surface area contributed by atoms with Crippen molar-refractivity contribution in [3.63, 3.8) is 0 Å². The number of carboxylic acid groups (broad SMARTS) is 1. The van der Waals surface area contributed by atoms with Crippen LogP contribution in [0.25, 0.3) is 0 Å². The molecule has 0 radical (unpaired) electrons. The van der Waals surface area contributed by atoms with Gasteiger partial charge in [-0.2, -0.15) is 0 Å². The normalized spacial score (nSPS) is 10.9. The van der Waals surface area contributed by atoms with Crippen molar-refractivity contribution in [3.05, 3.63) is 0 Å². The highest BCUT2D eigenvalue weighted by atomic mass is 16.5. The fourth-order valence-electron chi connectivity index (χ4n) is 1.07. The maximum absolute atomic E-state index is 11.2. The van der Waals surface area contributed by atoms with Crippen LogP contribution >= 0.6 is 0 Å². The zero-order valence-corrected chi connectivity index (χ0v) is 10.1. The molecule has 0 spiro atoms. The molecule has 0 heterocycles. The Morgan fingerprint density at radius 1 is 1.41 bits per heavy atom. The summed E-state index contributed by atoms with van der Waals surface area (Å²) in [6.07, 6.45) is -0.0705. The number of hydrogen-bond acceptors (Lipinski definition) is 3. The second kappa shape index (κ2) is 9.48. The van der Waals surface area contributed by atoms with E-state index in [2.05, 4.69) is 22.5 Å². The second-order valence-electron chi connectivity index (χ2n) is 3.27. The summed E-state index contributed by atoms with van der Waals surface area (Å²) in [5.41, 5.74) is 0. The lowest BCUT2D eigenvalue weighted by atomic mass is 10.2. The predicted molar refractivity (Wildman–Crippen MR) is 62.5 cm³/mol. The zero-order chi connectivity index (χ0) is 13.1. The van der Waals surface area contributed by atoms with E-state index in [1.54, 1.807) is 6.92 Å². The van der Waals surface area contributed by atoms with Crippen molar-refractivity contribution in [1.29, 1.82) is 0 Å². The third-order valence-electron chi connectivity index (χ3n) is 1.94. The summed E-state index contributed by atoms with van der Waals surface area (Å²) in [7, 11) is 1.41. The fourth-order valence-corrected chi connectivity index (χ4v) is 1.07. The van der Waals surface area contributed by atoms with Crippen LogP contribution in [0.5, 0.6) is 0 Å². The van der Waals surface area contributed by atoms with Crippen LogP contribution in [0.2, 0.25) is 0 Å². The average molecular weight is 242 g/mol. The van der Waals surface area contributed by atoms with Crippen molar-refractivity contribution < 1.29 is 19.4 Å². The summed E-state index contributed by atoms with van der Waals surface area (Å²) in [5.74, 6) is 4.57. The quantitative estimate of drug-likeness (QED) is 0.439. The van der Waals surface area contributed by atoms with E-state index in [1.165, 1.54) is 7.11 Å². The van der Waals surface area contributed by atoms with E-state index in [1.807, 2.05) is 0 Å². The number of carboxylic acids is 1. The molecule has 3 N–H and O–H groups in total. The molecule has 0 fully saturated rings. The van der Waals surface area contributed by atoms with Gasteiger partial charge in [0.15, 0.2) is 0 Å². The van der Waals surface area contributed by atoms with E-state index in [0.717, 1.165) is 0 Å². The molecule has 1 atom stereocenters. The van der Waals surface area contributed by atoms with E-state index in [9.17, 15) is 9.59 Å². The van der Waals surface area contributed by atoms with E-state index in [4.69, 9.17) is 9.84 Å². The van der Waals surface area contributed by atoms with Gasteiger partial charge in [0.2, 0.25) is 0 Å². The van der Waals surface area contributed by atoms with Gasteiger partial charge in [0, 0.05) is 26.6 Å². The van der Waals surface area contributed by atoms with Gasteiger partial charge in [-0.3, -0.25) is 4.79 Å². The maximum atomic E-state index is 11.2. The van der Waals surface area contributed by atoms with Crippen LogP contribution in [-0.4, -0.2) is 43.4 Å². The Bertz CT molecular complexity index is 306. The van der Waals surface area contributed by atoms with Gasteiger partial charge in [0.05, 0.1) is 12.5 Å². The molecule has 0 aromatic rings. The molecule has 0 aliphatic carbocycles. The maximum Gasteiger partial charge on any atom is 0.314 e. The van der Waals surface area contributed by atoms with Crippen molar-refractivity contribution in [1.82, 2.24) is 10.6 Å². The van der Waals surface area contributed by atoms with Crippen LogP contribution in [0, 0.1) is 11.8 Å². The van der Waals surface area contributed by atoms with Crippen LogP contribution < -0.4 is 10.6 Å². The van der Waals surface area contributed by atoms with E-state index < -0.39 is 12.1 Å². The van der Waals surface area contributed by atoms with E-state index in [-0.39, 0.29) is 19.0 Å². The molecule has 0 aromatic heterocycles. The molecule has 17 heavy (non-hydrogen) atoms. The van der Waals surface area contributed by atoms with Crippen molar-refractivity contribution in [2.24, 2.45) is 0 Å². The molecule has 0 bridgehead atoms. The lowest BCUT2D eigenvalue weighted by Gasteiger charge is -2.14. The summed E-state index contributed by atoms with van der Waals surface area (Å²) in [6, 6.07) is -0.352. The van der Waals surface area contributed by atoms with Gasteiger partial charge in [-0.05, 0) is 6.92 Å². The largest absolute Gasteiger partial charge is 0.481 e. The molecule has 0 saturated heterocycles. The molecule has 1 unspecified atom stereocenters. The standard InChI is InChI=1S/C11H18N2O4/c1-3-4-5-6-12-11(16)13-8-9(17-2)7-10(14)15/h9H,5-8H2,1-2H3,(H,14,15)(H2,12,13,16). The summed E-state index contributed by atoms with van der Waals surface area (Å²) in [5, 5.41) is 13.7. The summed E-state index contributed by atoms with van der Waals surface area (Å²) >= 11 is 0. The van der Waals surface area contributed by atoms with Gasteiger partial charge in [-0.25, -0.2) is 4.79 Å². The van der Waals surface area contributed by atoms with Crippen LogP contribution in [0.4, 0.5) is 4.79 Å². The first-order chi connectivity index (χ1) is 8.10. The summed E-state index contributed by atoms with van der Waals surface area (Å²) in [4.78, 5) is 21.7. The van der Waals surface area contributed by atoms with E-state index >= 15 is 0 Å². The molecular formula is C11H18N2O4. The first-order valence-corrected chi connectivity index (χ1v) is 5.26. The van der Waals surface area contributed by atoms with Gasteiger partial charge < -0.3 is 20.5 Å². The van der Waals surface area contributed by atoms with Gasteiger partial charge in [-0.1, -0.05) is 0 Å². The monoisotopic (exact) mass is 242 g/mol. The highest BCUT2D eigenvalue weighted by molar-refractivity contribution is 5.74.